The van der Waals surface area contributed by atoms with Gasteiger partial charge in [0, 0.05) is 0 Å². The van der Waals surface area contributed by atoms with Crippen molar-refractivity contribution in [2.45, 2.75) is 19.8 Å². The van der Waals surface area contributed by atoms with Crippen LogP contribution in [0.1, 0.15) is 24.5 Å². The smallest absolute Gasteiger partial charge is 0.148 e. The molecule has 2 aromatic rings. The molecule has 0 bridgehead atoms. The molecular weight excluding hydrogens is 288 g/mol. The highest BCUT2D eigenvalue weighted by Crippen LogP contribution is 2.27. The van der Waals surface area contributed by atoms with E-state index in [0.717, 1.165) is 29.7 Å². The van der Waals surface area contributed by atoms with E-state index in [1.165, 1.54) is 0 Å². The second-order valence-electron chi connectivity index (χ2n) is 5.26. The summed E-state index contributed by atoms with van der Waals surface area (Å²) in [5, 5.41) is 0. The Kier molecular flexibility index (Phi) is 5.76. The fraction of sp³-hybridized carbons (Fsp3) is 0.263. The normalized spacial score (nSPS) is 10.1. The third kappa shape index (κ3) is 4.58. The van der Waals surface area contributed by atoms with Gasteiger partial charge in [-0.1, -0.05) is 25.0 Å². The maximum absolute atomic E-state index is 5.94. The standard InChI is InChI=1S/C19H22N2O2/c1-3-9-22-18-12-14(5-7-16(18)20)11-15-6-8-17(21)19(13-15)23-10-4-2/h1,5-8,12-13H,4,9-11,20-21H2,2H3. The molecule has 0 saturated heterocycles. The summed E-state index contributed by atoms with van der Waals surface area (Å²) in [6.45, 7) is 2.91. The summed E-state index contributed by atoms with van der Waals surface area (Å²) in [6, 6.07) is 11.5. The van der Waals surface area contributed by atoms with E-state index in [1.807, 2.05) is 36.4 Å². The van der Waals surface area contributed by atoms with Crippen molar-refractivity contribution >= 4 is 11.4 Å². The third-order valence-electron chi connectivity index (χ3n) is 3.34. The number of hydrogen-bond acceptors (Lipinski definition) is 4. The van der Waals surface area contributed by atoms with Gasteiger partial charge in [-0.3, -0.25) is 0 Å². The number of benzene rings is 2. The summed E-state index contributed by atoms with van der Waals surface area (Å²) < 4.78 is 11.1. The van der Waals surface area contributed by atoms with Crippen LogP contribution in [0, 0.1) is 12.3 Å². The van der Waals surface area contributed by atoms with E-state index in [2.05, 4.69) is 12.8 Å². The van der Waals surface area contributed by atoms with Crippen LogP contribution >= 0.6 is 0 Å². The average molecular weight is 310 g/mol. The van der Waals surface area contributed by atoms with E-state index in [4.69, 9.17) is 27.4 Å². The summed E-state index contributed by atoms with van der Waals surface area (Å²) in [7, 11) is 0. The van der Waals surface area contributed by atoms with Crippen LogP contribution in [0.3, 0.4) is 0 Å². The van der Waals surface area contributed by atoms with Crippen LogP contribution in [0.4, 0.5) is 11.4 Å². The Hall–Kier alpha value is -2.80. The maximum Gasteiger partial charge on any atom is 0.148 e. The minimum absolute atomic E-state index is 0.199. The van der Waals surface area contributed by atoms with Crippen molar-refractivity contribution in [2.75, 3.05) is 24.7 Å². The molecule has 0 saturated carbocycles. The number of rotatable bonds is 7. The third-order valence-corrected chi connectivity index (χ3v) is 3.34. The SMILES string of the molecule is C#CCOc1cc(Cc2ccc(N)c(OCCC)c2)ccc1N. The van der Waals surface area contributed by atoms with Gasteiger partial charge in [-0.05, 0) is 48.2 Å². The van der Waals surface area contributed by atoms with Crippen molar-refractivity contribution in [3.05, 3.63) is 47.5 Å². The van der Waals surface area contributed by atoms with E-state index < -0.39 is 0 Å². The van der Waals surface area contributed by atoms with Gasteiger partial charge in [0.05, 0.1) is 18.0 Å². The lowest BCUT2D eigenvalue weighted by atomic mass is 10.0. The van der Waals surface area contributed by atoms with Gasteiger partial charge in [0.25, 0.3) is 0 Å². The fourth-order valence-corrected chi connectivity index (χ4v) is 2.19. The van der Waals surface area contributed by atoms with Crippen LogP contribution in [0.25, 0.3) is 0 Å². The summed E-state index contributed by atoms with van der Waals surface area (Å²) in [5.41, 5.74) is 15.3. The maximum atomic E-state index is 5.94. The van der Waals surface area contributed by atoms with Crippen molar-refractivity contribution < 1.29 is 9.47 Å². The van der Waals surface area contributed by atoms with Crippen molar-refractivity contribution in [1.29, 1.82) is 0 Å². The molecule has 4 nitrogen and oxygen atoms in total. The molecule has 23 heavy (non-hydrogen) atoms. The highest BCUT2D eigenvalue weighted by atomic mass is 16.5. The Labute approximate surface area is 137 Å². The van der Waals surface area contributed by atoms with E-state index in [1.54, 1.807) is 0 Å². The lowest BCUT2D eigenvalue weighted by molar-refractivity contribution is 0.319. The van der Waals surface area contributed by atoms with Crippen LogP contribution in [-0.2, 0) is 6.42 Å². The molecule has 0 radical (unpaired) electrons. The Morgan fingerprint density at radius 1 is 0.957 bits per heavy atom. The first-order chi connectivity index (χ1) is 11.1. The van der Waals surface area contributed by atoms with E-state index in [9.17, 15) is 0 Å². The Morgan fingerprint density at radius 2 is 1.52 bits per heavy atom. The first-order valence-electron chi connectivity index (χ1n) is 7.60. The zero-order valence-electron chi connectivity index (χ0n) is 13.3. The van der Waals surface area contributed by atoms with E-state index in [0.29, 0.717) is 23.7 Å². The topological polar surface area (TPSA) is 70.5 Å². The molecule has 0 aliphatic rings. The first-order valence-corrected chi connectivity index (χ1v) is 7.60. The average Bonchev–Trinajstić information content (AvgIpc) is 2.55. The molecule has 0 fully saturated rings. The molecule has 0 aromatic heterocycles. The minimum atomic E-state index is 0.199. The summed E-state index contributed by atoms with van der Waals surface area (Å²) in [4.78, 5) is 0. The first kappa shape index (κ1) is 16.6. The second-order valence-corrected chi connectivity index (χ2v) is 5.26. The van der Waals surface area contributed by atoms with Gasteiger partial charge >= 0.3 is 0 Å². The van der Waals surface area contributed by atoms with Gasteiger partial charge in [0.2, 0.25) is 0 Å². The number of terminal acetylenes is 1. The number of nitrogen functional groups attached to an aromatic ring is 2. The highest BCUT2D eigenvalue weighted by Gasteiger charge is 2.06. The van der Waals surface area contributed by atoms with E-state index >= 15 is 0 Å². The molecular formula is C19H22N2O2. The molecule has 0 aliphatic heterocycles. The lowest BCUT2D eigenvalue weighted by Crippen LogP contribution is -2.01. The lowest BCUT2D eigenvalue weighted by Gasteiger charge is -2.12. The van der Waals surface area contributed by atoms with Gasteiger partial charge in [0.15, 0.2) is 0 Å². The zero-order chi connectivity index (χ0) is 16.7. The highest BCUT2D eigenvalue weighted by molar-refractivity contribution is 5.56. The van der Waals surface area contributed by atoms with Gasteiger partial charge in [-0.25, -0.2) is 0 Å². The number of nitrogens with two attached hydrogens (primary N) is 2. The largest absolute Gasteiger partial charge is 0.491 e. The molecule has 2 rings (SSSR count). The summed E-state index contributed by atoms with van der Waals surface area (Å²) in [5.74, 6) is 3.77. The predicted octanol–water partition coefficient (Wildman–Crippen LogP) is 3.24. The van der Waals surface area contributed by atoms with Crippen LogP contribution in [0.2, 0.25) is 0 Å². The van der Waals surface area contributed by atoms with Crippen molar-refractivity contribution in [1.82, 2.24) is 0 Å². The molecule has 120 valence electrons. The summed E-state index contributed by atoms with van der Waals surface area (Å²) in [6.07, 6.45) is 6.89. The molecule has 2 aromatic carbocycles. The molecule has 0 aliphatic carbocycles. The molecule has 4 heteroatoms. The minimum Gasteiger partial charge on any atom is -0.491 e. The van der Waals surface area contributed by atoms with Gasteiger partial charge < -0.3 is 20.9 Å². The van der Waals surface area contributed by atoms with Crippen LogP contribution < -0.4 is 20.9 Å². The fourth-order valence-electron chi connectivity index (χ4n) is 2.19. The van der Waals surface area contributed by atoms with Crippen molar-refractivity contribution in [3.63, 3.8) is 0 Å². The van der Waals surface area contributed by atoms with Gasteiger partial charge in [0.1, 0.15) is 18.1 Å². The second kappa shape index (κ2) is 8.00. The Bertz CT molecular complexity index is 705. The molecule has 0 spiro atoms. The Morgan fingerprint density at radius 3 is 2.04 bits per heavy atom. The van der Waals surface area contributed by atoms with Crippen LogP contribution in [-0.4, -0.2) is 13.2 Å². The predicted molar refractivity (Wildman–Crippen MR) is 94.6 cm³/mol. The van der Waals surface area contributed by atoms with Gasteiger partial charge in [-0.15, -0.1) is 6.42 Å². The zero-order valence-corrected chi connectivity index (χ0v) is 13.3. The Balaban J connectivity index is 2.17. The van der Waals surface area contributed by atoms with Gasteiger partial charge in [-0.2, -0.15) is 0 Å². The van der Waals surface area contributed by atoms with Crippen molar-refractivity contribution in [3.8, 4) is 23.8 Å². The quantitative estimate of drug-likeness (QED) is 0.608. The van der Waals surface area contributed by atoms with Crippen LogP contribution in [0.15, 0.2) is 36.4 Å². The van der Waals surface area contributed by atoms with E-state index in [-0.39, 0.29) is 6.61 Å². The molecule has 4 N–H and O–H groups in total. The number of ether oxygens (including phenoxy) is 2. The molecule has 0 unspecified atom stereocenters. The number of anilines is 2. The molecule has 0 amide bonds. The molecule has 0 atom stereocenters. The summed E-state index contributed by atoms with van der Waals surface area (Å²) >= 11 is 0. The van der Waals surface area contributed by atoms with Crippen LogP contribution in [0.5, 0.6) is 11.5 Å². The monoisotopic (exact) mass is 310 g/mol. The van der Waals surface area contributed by atoms with Crippen molar-refractivity contribution in [2.24, 2.45) is 0 Å². The molecule has 0 heterocycles. The number of hydrogen-bond donors (Lipinski definition) is 2.